The maximum atomic E-state index is 14.4. The molecule has 2 aromatic carbocycles. The molecule has 0 spiro atoms. The van der Waals surface area contributed by atoms with Crippen molar-refractivity contribution in [2.24, 2.45) is 11.5 Å². The van der Waals surface area contributed by atoms with Gasteiger partial charge in [-0.1, -0.05) is 18.2 Å². The zero-order valence-corrected chi connectivity index (χ0v) is 20.7. The Kier molecular flexibility index (Phi) is 8.32. The third-order valence-electron chi connectivity index (χ3n) is 6.84. The molecule has 4 N–H and O–H groups in total. The topological polar surface area (TPSA) is 116 Å². The Labute approximate surface area is 210 Å². The molecule has 36 heavy (non-hydrogen) atoms. The first-order valence-electron chi connectivity index (χ1n) is 12.4. The van der Waals surface area contributed by atoms with Crippen molar-refractivity contribution in [3.8, 4) is 0 Å². The number of halogens is 1. The molecule has 1 fully saturated rings. The number of imidazole rings is 1. The van der Waals surface area contributed by atoms with Gasteiger partial charge in [-0.3, -0.25) is 9.59 Å². The number of nitrogens with two attached hydrogens (primary N) is 2. The summed E-state index contributed by atoms with van der Waals surface area (Å²) in [5, 5.41) is 0. The number of fused-ring (bicyclic) bond motifs is 1. The van der Waals surface area contributed by atoms with E-state index in [1.807, 2.05) is 23.1 Å². The van der Waals surface area contributed by atoms with Crippen molar-refractivity contribution < 1.29 is 18.7 Å². The van der Waals surface area contributed by atoms with E-state index in [1.54, 1.807) is 7.11 Å². The van der Waals surface area contributed by atoms with Crippen LogP contribution in [0.3, 0.4) is 0 Å². The molecule has 0 bridgehead atoms. The largest absolute Gasteiger partial charge is 0.385 e. The Bertz CT molecular complexity index is 1230. The quantitative estimate of drug-likeness (QED) is 0.420. The number of hydrogen-bond donors (Lipinski definition) is 2. The Hall–Kier alpha value is -3.30. The molecule has 0 unspecified atom stereocenters. The number of amides is 2. The number of benzene rings is 2. The van der Waals surface area contributed by atoms with Gasteiger partial charge in [0.1, 0.15) is 11.6 Å². The number of ether oxygens (including phenoxy) is 1. The molecule has 0 radical (unpaired) electrons. The predicted octanol–water partition coefficient (Wildman–Crippen LogP) is 2.98. The summed E-state index contributed by atoms with van der Waals surface area (Å²) in [4.78, 5) is 31.6. The van der Waals surface area contributed by atoms with E-state index in [0.717, 1.165) is 42.7 Å². The van der Waals surface area contributed by atoms with E-state index in [2.05, 4.69) is 10.6 Å². The number of aryl methyl sites for hydroxylation is 1. The van der Waals surface area contributed by atoms with E-state index in [9.17, 15) is 14.0 Å². The summed E-state index contributed by atoms with van der Waals surface area (Å²) in [5.74, 6) is -0.227. The minimum Gasteiger partial charge on any atom is -0.385 e. The SMILES string of the molecule is COCCCn1c([C@@H]2CCCN(C(=O)C[C@@H](N)Cc3c(F)cccc3C(N)=O)C2)nc2ccccc21. The van der Waals surface area contributed by atoms with Gasteiger partial charge in [0.05, 0.1) is 11.0 Å². The van der Waals surface area contributed by atoms with Gasteiger partial charge in [-0.15, -0.1) is 0 Å². The number of rotatable bonds is 10. The van der Waals surface area contributed by atoms with E-state index >= 15 is 0 Å². The molecule has 3 aromatic rings. The van der Waals surface area contributed by atoms with Crippen molar-refractivity contribution in [1.29, 1.82) is 0 Å². The molecule has 2 heterocycles. The number of para-hydroxylation sites is 2. The number of primary amides is 1. The number of carbonyl (C=O) groups excluding carboxylic acids is 2. The lowest BCUT2D eigenvalue weighted by Crippen LogP contribution is -2.42. The number of likely N-dealkylation sites (tertiary alicyclic amines) is 1. The van der Waals surface area contributed by atoms with Crippen molar-refractivity contribution in [3.63, 3.8) is 0 Å². The second-order valence-electron chi connectivity index (χ2n) is 9.43. The number of nitrogens with zero attached hydrogens (tertiary/aromatic N) is 3. The summed E-state index contributed by atoms with van der Waals surface area (Å²) < 4.78 is 21.9. The Morgan fingerprint density at radius 3 is 2.81 bits per heavy atom. The van der Waals surface area contributed by atoms with Crippen LogP contribution < -0.4 is 11.5 Å². The highest BCUT2D eigenvalue weighted by atomic mass is 19.1. The Morgan fingerprint density at radius 2 is 2.03 bits per heavy atom. The van der Waals surface area contributed by atoms with Crippen LogP contribution in [0.25, 0.3) is 11.0 Å². The fraction of sp³-hybridized carbons (Fsp3) is 0.444. The maximum Gasteiger partial charge on any atom is 0.249 e. The van der Waals surface area contributed by atoms with Gasteiger partial charge in [0, 0.05) is 62.9 Å². The average Bonchev–Trinajstić information content (AvgIpc) is 3.24. The highest BCUT2D eigenvalue weighted by molar-refractivity contribution is 5.94. The van der Waals surface area contributed by atoms with Crippen LogP contribution in [0.1, 0.15) is 53.3 Å². The van der Waals surface area contributed by atoms with Crippen LogP contribution in [0.2, 0.25) is 0 Å². The molecular formula is C27H34FN5O3. The first-order valence-corrected chi connectivity index (χ1v) is 12.4. The summed E-state index contributed by atoms with van der Waals surface area (Å²) in [6.45, 7) is 2.67. The minimum atomic E-state index is -0.713. The van der Waals surface area contributed by atoms with Gasteiger partial charge in [0.25, 0.3) is 0 Å². The monoisotopic (exact) mass is 495 g/mol. The highest BCUT2D eigenvalue weighted by Crippen LogP contribution is 2.30. The first-order chi connectivity index (χ1) is 17.4. The summed E-state index contributed by atoms with van der Waals surface area (Å²) in [7, 11) is 1.70. The molecule has 2 amide bonds. The van der Waals surface area contributed by atoms with Crippen LogP contribution >= 0.6 is 0 Å². The lowest BCUT2D eigenvalue weighted by molar-refractivity contribution is -0.132. The zero-order chi connectivity index (χ0) is 25.7. The fourth-order valence-electron chi connectivity index (χ4n) is 5.11. The van der Waals surface area contributed by atoms with Crippen molar-refractivity contribution in [1.82, 2.24) is 14.5 Å². The predicted molar refractivity (Wildman–Crippen MR) is 136 cm³/mol. The molecule has 8 nitrogen and oxygen atoms in total. The van der Waals surface area contributed by atoms with E-state index < -0.39 is 17.8 Å². The third kappa shape index (κ3) is 5.74. The maximum absolute atomic E-state index is 14.4. The smallest absolute Gasteiger partial charge is 0.249 e. The first kappa shape index (κ1) is 25.8. The normalized spacial score (nSPS) is 16.9. The molecule has 9 heteroatoms. The lowest BCUT2D eigenvalue weighted by Gasteiger charge is -2.33. The van der Waals surface area contributed by atoms with Crippen LogP contribution in [0.4, 0.5) is 4.39 Å². The standard InChI is InChI=1S/C27H34FN5O3/c1-36-14-6-13-33-24-11-3-2-10-23(24)31-27(33)18-7-5-12-32(17-18)25(34)16-19(29)15-21-20(26(30)35)8-4-9-22(21)28/h2-4,8-11,18-19H,5-7,12-17,29H2,1H3,(H2,30,35)/t18-,19+/m1/s1. The zero-order valence-electron chi connectivity index (χ0n) is 20.7. The molecule has 1 aromatic heterocycles. The molecule has 1 saturated heterocycles. The molecule has 0 aliphatic carbocycles. The fourth-order valence-corrected chi connectivity index (χ4v) is 5.11. The third-order valence-corrected chi connectivity index (χ3v) is 6.84. The Balaban J connectivity index is 1.46. The number of hydrogen-bond acceptors (Lipinski definition) is 5. The van der Waals surface area contributed by atoms with Crippen LogP contribution in [0.15, 0.2) is 42.5 Å². The summed E-state index contributed by atoms with van der Waals surface area (Å²) in [5.41, 5.74) is 13.9. The van der Waals surface area contributed by atoms with Crippen molar-refractivity contribution >= 4 is 22.8 Å². The number of carbonyl (C=O) groups is 2. The number of aromatic nitrogens is 2. The van der Waals surface area contributed by atoms with Gasteiger partial charge in [0.2, 0.25) is 11.8 Å². The molecule has 0 saturated carbocycles. The van der Waals surface area contributed by atoms with Crippen LogP contribution in [-0.4, -0.2) is 59.1 Å². The van der Waals surface area contributed by atoms with Gasteiger partial charge >= 0.3 is 0 Å². The van der Waals surface area contributed by atoms with E-state index in [1.165, 1.54) is 18.2 Å². The summed E-state index contributed by atoms with van der Waals surface area (Å²) >= 11 is 0. The van der Waals surface area contributed by atoms with Crippen LogP contribution in [0, 0.1) is 5.82 Å². The van der Waals surface area contributed by atoms with Gasteiger partial charge in [-0.25, -0.2) is 9.37 Å². The summed E-state index contributed by atoms with van der Waals surface area (Å²) in [6.07, 6.45) is 2.80. The molecule has 1 aliphatic rings. The van der Waals surface area contributed by atoms with Crippen molar-refractivity contribution in [2.45, 2.75) is 50.6 Å². The second-order valence-corrected chi connectivity index (χ2v) is 9.43. The summed E-state index contributed by atoms with van der Waals surface area (Å²) in [6, 6.07) is 11.6. The minimum absolute atomic E-state index is 0.0588. The van der Waals surface area contributed by atoms with Gasteiger partial charge in [-0.2, -0.15) is 0 Å². The van der Waals surface area contributed by atoms with Gasteiger partial charge < -0.3 is 25.7 Å². The van der Waals surface area contributed by atoms with Gasteiger partial charge in [-0.05, 0) is 49.9 Å². The van der Waals surface area contributed by atoms with E-state index in [0.29, 0.717) is 19.7 Å². The Morgan fingerprint density at radius 1 is 1.22 bits per heavy atom. The number of piperidine rings is 1. The van der Waals surface area contributed by atoms with Crippen molar-refractivity contribution in [3.05, 3.63) is 65.2 Å². The van der Waals surface area contributed by atoms with Crippen molar-refractivity contribution in [2.75, 3.05) is 26.8 Å². The molecular weight excluding hydrogens is 461 g/mol. The van der Waals surface area contributed by atoms with E-state index in [-0.39, 0.29) is 35.8 Å². The second kappa shape index (κ2) is 11.6. The van der Waals surface area contributed by atoms with Crippen LogP contribution in [-0.2, 0) is 22.5 Å². The lowest BCUT2D eigenvalue weighted by atomic mass is 9.95. The number of methoxy groups -OCH3 is 1. The molecule has 192 valence electrons. The highest BCUT2D eigenvalue weighted by Gasteiger charge is 2.29. The molecule has 4 rings (SSSR count). The van der Waals surface area contributed by atoms with E-state index in [4.69, 9.17) is 21.2 Å². The van der Waals surface area contributed by atoms with Gasteiger partial charge in [0.15, 0.2) is 0 Å². The molecule has 1 aliphatic heterocycles. The average molecular weight is 496 g/mol. The molecule has 2 atom stereocenters. The van der Waals surface area contributed by atoms with Crippen LogP contribution in [0.5, 0.6) is 0 Å².